The summed E-state index contributed by atoms with van der Waals surface area (Å²) in [5, 5.41) is 11.5. The molecule has 0 heterocycles. The van der Waals surface area contributed by atoms with E-state index >= 15 is 0 Å². The number of fused-ring (bicyclic) bond motifs is 1. The van der Waals surface area contributed by atoms with Crippen LogP contribution in [0.15, 0.2) is 24.3 Å². The van der Waals surface area contributed by atoms with Crippen molar-refractivity contribution in [3.63, 3.8) is 0 Å². The maximum Gasteiger partial charge on any atom is 0.134 e. The minimum absolute atomic E-state index is 0.0496. The Bertz CT molecular complexity index is 632. The number of hydrogen-bond donors (Lipinski definition) is 1. The van der Waals surface area contributed by atoms with Gasteiger partial charge in [0.05, 0.1) is 19.6 Å². The highest BCUT2D eigenvalue weighted by molar-refractivity contribution is 5.96. The molecule has 100 valence electrons. The third-order valence-corrected chi connectivity index (χ3v) is 2.93. The Hall–Kier alpha value is -2.23. The molecule has 0 atom stereocenters. The van der Waals surface area contributed by atoms with Crippen molar-refractivity contribution in [1.82, 2.24) is 0 Å². The molecule has 0 aromatic heterocycles. The number of ether oxygens (including phenoxy) is 2. The molecule has 0 spiro atoms. The summed E-state index contributed by atoms with van der Waals surface area (Å²) in [6.45, 7) is 1.52. The van der Waals surface area contributed by atoms with Crippen LogP contribution in [0.1, 0.15) is 12.5 Å². The number of ketones is 1. The number of rotatable bonds is 4. The Labute approximate surface area is 111 Å². The number of hydrogen-bond acceptors (Lipinski definition) is 4. The highest BCUT2D eigenvalue weighted by Crippen LogP contribution is 2.37. The lowest BCUT2D eigenvalue weighted by Crippen LogP contribution is -1.97. The van der Waals surface area contributed by atoms with Gasteiger partial charge in [-0.15, -0.1) is 0 Å². The molecule has 2 aromatic rings. The van der Waals surface area contributed by atoms with Crippen LogP contribution in [0.3, 0.4) is 0 Å². The van der Waals surface area contributed by atoms with Crippen molar-refractivity contribution in [1.29, 1.82) is 0 Å². The van der Waals surface area contributed by atoms with Crippen LogP contribution in [-0.4, -0.2) is 25.1 Å². The lowest BCUT2D eigenvalue weighted by molar-refractivity contribution is -0.116. The number of Topliss-reactive ketones (excluding diaryl/α,β-unsaturated/α-hetero) is 1. The topological polar surface area (TPSA) is 55.8 Å². The maximum absolute atomic E-state index is 11.2. The van der Waals surface area contributed by atoms with Gasteiger partial charge in [-0.05, 0) is 30.0 Å². The second kappa shape index (κ2) is 5.18. The molecule has 0 aliphatic rings. The van der Waals surface area contributed by atoms with Crippen LogP contribution >= 0.6 is 0 Å². The summed E-state index contributed by atoms with van der Waals surface area (Å²) in [4.78, 5) is 11.2. The molecule has 0 aliphatic carbocycles. The molecule has 4 nitrogen and oxygen atoms in total. The Morgan fingerprint density at radius 3 is 2.47 bits per heavy atom. The zero-order valence-electron chi connectivity index (χ0n) is 11.2. The summed E-state index contributed by atoms with van der Waals surface area (Å²) < 4.78 is 10.5. The molecule has 0 aliphatic heterocycles. The van der Waals surface area contributed by atoms with Crippen LogP contribution in [0.4, 0.5) is 0 Å². The van der Waals surface area contributed by atoms with E-state index in [0.29, 0.717) is 23.3 Å². The number of phenols is 1. The smallest absolute Gasteiger partial charge is 0.134 e. The fraction of sp³-hybridized carbons (Fsp3) is 0.267. The van der Waals surface area contributed by atoms with Gasteiger partial charge in [0.25, 0.3) is 0 Å². The Kier molecular flexibility index (Phi) is 3.60. The predicted octanol–water partition coefficient (Wildman–Crippen LogP) is 2.69. The van der Waals surface area contributed by atoms with Gasteiger partial charge >= 0.3 is 0 Å². The zero-order chi connectivity index (χ0) is 14.0. The normalized spacial score (nSPS) is 10.5. The second-order valence-corrected chi connectivity index (χ2v) is 4.42. The Balaban J connectivity index is 2.68. The standard InChI is InChI=1S/C15H16O4/c1-9(16)4-10-5-11-7-12(18-2)8-14(19-3)15(11)13(17)6-10/h5-8,17H,4H2,1-3H3. The molecule has 1 N–H and O–H groups in total. The highest BCUT2D eigenvalue weighted by Gasteiger charge is 2.11. The lowest BCUT2D eigenvalue weighted by Gasteiger charge is -2.11. The molecule has 0 bridgehead atoms. The van der Waals surface area contributed by atoms with E-state index in [9.17, 15) is 9.90 Å². The average molecular weight is 260 g/mol. The van der Waals surface area contributed by atoms with Crippen molar-refractivity contribution in [2.45, 2.75) is 13.3 Å². The molecule has 2 rings (SSSR count). The molecule has 0 radical (unpaired) electrons. The second-order valence-electron chi connectivity index (χ2n) is 4.42. The molecule has 4 heteroatoms. The van der Waals surface area contributed by atoms with E-state index in [1.807, 2.05) is 6.07 Å². The van der Waals surface area contributed by atoms with Crippen molar-refractivity contribution in [2.75, 3.05) is 14.2 Å². The summed E-state index contributed by atoms with van der Waals surface area (Å²) in [6, 6.07) is 6.98. The Morgan fingerprint density at radius 1 is 1.16 bits per heavy atom. The molecule has 0 fully saturated rings. The lowest BCUT2D eigenvalue weighted by atomic mass is 10.0. The van der Waals surface area contributed by atoms with Gasteiger partial charge in [-0.1, -0.05) is 6.07 Å². The maximum atomic E-state index is 11.2. The van der Waals surface area contributed by atoms with E-state index < -0.39 is 0 Å². The summed E-state index contributed by atoms with van der Waals surface area (Å²) in [6.07, 6.45) is 0.295. The van der Waals surface area contributed by atoms with Crippen LogP contribution in [0.25, 0.3) is 10.8 Å². The van der Waals surface area contributed by atoms with Gasteiger partial charge in [-0.3, -0.25) is 4.79 Å². The summed E-state index contributed by atoms with van der Waals surface area (Å²) >= 11 is 0. The molecule has 0 amide bonds. The first-order chi connectivity index (χ1) is 9.05. The van der Waals surface area contributed by atoms with E-state index in [-0.39, 0.29) is 11.5 Å². The quantitative estimate of drug-likeness (QED) is 0.918. The van der Waals surface area contributed by atoms with Crippen LogP contribution in [-0.2, 0) is 11.2 Å². The monoisotopic (exact) mass is 260 g/mol. The van der Waals surface area contributed by atoms with Crippen LogP contribution < -0.4 is 9.47 Å². The van der Waals surface area contributed by atoms with Gasteiger partial charge in [0, 0.05) is 12.5 Å². The fourth-order valence-electron chi connectivity index (χ4n) is 2.16. The highest BCUT2D eigenvalue weighted by atomic mass is 16.5. The average Bonchev–Trinajstić information content (AvgIpc) is 2.36. The van der Waals surface area contributed by atoms with Gasteiger partial charge in [0.1, 0.15) is 23.0 Å². The summed E-state index contributed by atoms with van der Waals surface area (Å²) in [5.41, 5.74) is 0.771. The van der Waals surface area contributed by atoms with E-state index in [0.717, 1.165) is 10.9 Å². The number of phenolic OH excluding ortho intramolecular Hbond substituents is 1. The molecule has 2 aromatic carbocycles. The van der Waals surface area contributed by atoms with Crippen molar-refractivity contribution >= 4 is 16.6 Å². The Morgan fingerprint density at radius 2 is 1.89 bits per heavy atom. The van der Waals surface area contributed by atoms with Crippen molar-refractivity contribution in [3.05, 3.63) is 29.8 Å². The number of benzene rings is 2. The minimum Gasteiger partial charge on any atom is -0.507 e. The largest absolute Gasteiger partial charge is 0.507 e. The first kappa shape index (κ1) is 13.2. The van der Waals surface area contributed by atoms with Crippen molar-refractivity contribution in [3.8, 4) is 17.2 Å². The molecular formula is C15H16O4. The van der Waals surface area contributed by atoms with Gasteiger partial charge in [-0.2, -0.15) is 0 Å². The van der Waals surface area contributed by atoms with Gasteiger partial charge in [0.2, 0.25) is 0 Å². The van der Waals surface area contributed by atoms with Crippen LogP contribution in [0.5, 0.6) is 17.2 Å². The molecular weight excluding hydrogens is 244 g/mol. The first-order valence-corrected chi connectivity index (χ1v) is 5.92. The fourth-order valence-corrected chi connectivity index (χ4v) is 2.16. The van der Waals surface area contributed by atoms with Crippen LogP contribution in [0.2, 0.25) is 0 Å². The molecule has 0 unspecified atom stereocenters. The van der Waals surface area contributed by atoms with Crippen molar-refractivity contribution < 1.29 is 19.4 Å². The number of methoxy groups -OCH3 is 2. The minimum atomic E-state index is 0.0496. The molecule has 0 saturated carbocycles. The summed E-state index contributed by atoms with van der Waals surface area (Å²) in [5.74, 6) is 1.34. The van der Waals surface area contributed by atoms with Gasteiger partial charge in [0.15, 0.2) is 0 Å². The molecule has 19 heavy (non-hydrogen) atoms. The third-order valence-electron chi connectivity index (χ3n) is 2.93. The number of aromatic hydroxyl groups is 1. The van der Waals surface area contributed by atoms with Gasteiger partial charge in [-0.25, -0.2) is 0 Å². The number of carbonyl (C=O) groups excluding carboxylic acids is 1. The van der Waals surface area contributed by atoms with E-state index in [4.69, 9.17) is 9.47 Å². The number of carbonyl (C=O) groups is 1. The van der Waals surface area contributed by atoms with E-state index in [1.165, 1.54) is 14.0 Å². The SMILES string of the molecule is COc1cc(OC)c2c(O)cc(CC(C)=O)cc2c1. The van der Waals surface area contributed by atoms with E-state index in [2.05, 4.69) is 0 Å². The summed E-state index contributed by atoms with van der Waals surface area (Å²) in [7, 11) is 3.11. The predicted molar refractivity (Wildman–Crippen MR) is 73.1 cm³/mol. The third kappa shape index (κ3) is 2.62. The first-order valence-electron chi connectivity index (χ1n) is 5.92. The zero-order valence-corrected chi connectivity index (χ0v) is 11.2. The van der Waals surface area contributed by atoms with Crippen LogP contribution in [0, 0.1) is 0 Å². The van der Waals surface area contributed by atoms with Crippen molar-refractivity contribution in [2.24, 2.45) is 0 Å². The van der Waals surface area contributed by atoms with Gasteiger partial charge < -0.3 is 14.6 Å². The molecule has 0 saturated heterocycles. The van der Waals surface area contributed by atoms with E-state index in [1.54, 1.807) is 25.3 Å².